The first-order valence-corrected chi connectivity index (χ1v) is 6.37. The smallest absolute Gasteiger partial charge is 0.317 e. The van der Waals surface area contributed by atoms with Gasteiger partial charge in [0.2, 0.25) is 5.89 Å². The molecule has 6 nitrogen and oxygen atoms in total. The lowest BCUT2D eigenvalue weighted by Crippen LogP contribution is -2.29. The molecule has 0 fully saturated rings. The fraction of sp³-hybridized carbons (Fsp3) is 0.364. The number of carboxylic acid groups (broad SMARTS) is 1. The topological polar surface area (TPSA) is 79.5 Å². The van der Waals surface area contributed by atoms with Crippen LogP contribution >= 0.6 is 11.3 Å². The van der Waals surface area contributed by atoms with E-state index < -0.39 is 5.97 Å². The molecule has 0 unspecified atom stereocenters. The Morgan fingerprint density at radius 1 is 1.56 bits per heavy atom. The summed E-state index contributed by atoms with van der Waals surface area (Å²) in [5.74, 6) is 0.0442. The van der Waals surface area contributed by atoms with Crippen molar-refractivity contribution < 1.29 is 14.3 Å². The number of rotatable bonds is 6. The molecule has 1 N–H and O–H groups in total. The van der Waals surface area contributed by atoms with Crippen LogP contribution in [0.15, 0.2) is 21.9 Å². The van der Waals surface area contributed by atoms with Gasteiger partial charge in [0.25, 0.3) is 5.89 Å². The van der Waals surface area contributed by atoms with E-state index in [1.807, 2.05) is 24.4 Å². The largest absolute Gasteiger partial charge is 0.480 e. The number of carboxylic acids is 1. The standard InChI is InChI=1S/C11H13N3O3S/c1-2-14(7-10(15)16)6-9-12-13-11(17-9)8-4-3-5-18-8/h3-5H,2,6-7H2,1H3,(H,15,16). The Labute approximate surface area is 108 Å². The first-order chi connectivity index (χ1) is 8.69. The maximum absolute atomic E-state index is 10.6. The van der Waals surface area contributed by atoms with E-state index in [2.05, 4.69) is 10.2 Å². The molecule has 0 spiro atoms. The highest BCUT2D eigenvalue weighted by Crippen LogP contribution is 2.23. The van der Waals surface area contributed by atoms with Gasteiger partial charge in [0.1, 0.15) is 0 Å². The summed E-state index contributed by atoms with van der Waals surface area (Å²) in [6.07, 6.45) is 0. The predicted octanol–water partition coefficient (Wildman–Crippen LogP) is 1.70. The molecule has 0 saturated carbocycles. The van der Waals surface area contributed by atoms with E-state index in [1.165, 1.54) is 11.3 Å². The lowest BCUT2D eigenvalue weighted by Gasteiger charge is -2.14. The van der Waals surface area contributed by atoms with Crippen molar-refractivity contribution in [2.45, 2.75) is 13.5 Å². The minimum Gasteiger partial charge on any atom is -0.480 e. The third-order valence-electron chi connectivity index (χ3n) is 2.36. The van der Waals surface area contributed by atoms with Crippen molar-refractivity contribution in [2.24, 2.45) is 0 Å². The summed E-state index contributed by atoms with van der Waals surface area (Å²) in [7, 11) is 0. The number of hydrogen-bond donors (Lipinski definition) is 1. The van der Waals surface area contributed by atoms with Crippen LogP contribution in [0.3, 0.4) is 0 Å². The number of thiophene rings is 1. The van der Waals surface area contributed by atoms with Gasteiger partial charge < -0.3 is 9.52 Å². The quantitative estimate of drug-likeness (QED) is 0.858. The zero-order chi connectivity index (χ0) is 13.0. The van der Waals surface area contributed by atoms with Gasteiger partial charge >= 0.3 is 5.97 Å². The maximum Gasteiger partial charge on any atom is 0.317 e. The highest BCUT2D eigenvalue weighted by molar-refractivity contribution is 7.13. The van der Waals surface area contributed by atoms with Crippen LogP contribution in [-0.2, 0) is 11.3 Å². The highest BCUT2D eigenvalue weighted by atomic mass is 32.1. The number of nitrogens with zero attached hydrogens (tertiary/aromatic N) is 3. The zero-order valence-corrected chi connectivity index (χ0v) is 10.7. The molecule has 0 amide bonds. The minimum atomic E-state index is -0.866. The molecule has 2 heterocycles. The van der Waals surface area contributed by atoms with Crippen molar-refractivity contribution in [1.29, 1.82) is 0 Å². The van der Waals surface area contributed by atoms with Crippen molar-refractivity contribution >= 4 is 17.3 Å². The van der Waals surface area contributed by atoms with Gasteiger partial charge in [-0.25, -0.2) is 0 Å². The van der Waals surface area contributed by atoms with Gasteiger partial charge in [-0.3, -0.25) is 9.69 Å². The third kappa shape index (κ3) is 3.14. The molecule has 0 bridgehead atoms. The molecule has 0 saturated heterocycles. The van der Waals surface area contributed by atoms with Crippen molar-refractivity contribution in [3.63, 3.8) is 0 Å². The Hall–Kier alpha value is -1.73. The average Bonchev–Trinajstić information content (AvgIpc) is 2.97. The highest BCUT2D eigenvalue weighted by Gasteiger charge is 2.14. The first-order valence-electron chi connectivity index (χ1n) is 5.49. The van der Waals surface area contributed by atoms with Gasteiger partial charge in [-0.1, -0.05) is 13.0 Å². The SMILES string of the molecule is CCN(CC(=O)O)Cc1nnc(-c2cccs2)o1. The van der Waals surface area contributed by atoms with Crippen LogP contribution in [0.4, 0.5) is 0 Å². The second-order valence-electron chi connectivity index (χ2n) is 3.68. The van der Waals surface area contributed by atoms with Crippen LogP contribution in [0, 0.1) is 0 Å². The Bertz CT molecular complexity index is 509. The summed E-state index contributed by atoms with van der Waals surface area (Å²) in [5, 5.41) is 18.5. The number of aromatic nitrogens is 2. The summed E-state index contributed by atoms with van der Waals surface area (Å²) in [6.45, 7) is 2.82. The zero-order valence-electron chi connectivity index (χ0n) is 9.87. The molecule has 18 heavy (non-hydrogen) atoms. The van der Waals surface area contributed by atoms with Crippen LogP contribution in [0.25, 0.3) is 10.8 Å². The van der Waals surface area contributed by atoms with E-state index in [1.54, 1.807) is 4.90 Å². The number of likely N-dealkylation sites (N-methyl/N-ethyl adjacent to an activating group) is 1. The van der Waals surface area contributed by atoms with Gasteiger partial charge in [0.15, 0.2) is 0 Å². The van der Waals surface area contributed by atoms with Crippen molar-refractivity contribution in [1.82, 2.24) is 15.1 Å². The molecule has 2 aromatic rings. The molecule has 0 atom stereocenters. The molecule has 0 aromatic carbocycles. The normalized spacial score (nSPS) is 11.0. The molecule has 7 heteroatoms. The summed E-state index contributed by atoms with van der Waals surface area (Å²) in [4.78, 5) is 13.3. The Morgan fingerprint density at radius 3 is 3.00 bits per heavy atom. The van der Waals surface area contributed by atoms with Gasteiger partial charge in [0, 0.05) is 0 Å². The average molecular weight is 267 g/mol. The van der Waals surface area contributed by atoms with Gasteiger partial charge in [0.05, 0.1) is 18.0 Å². The van der Waals surface area contributed by atoms with Gasteiger partial charge in [-0.2, -0.15) is 0 Å². The monoisotopic (exact) mass is 267 g/mol. The Morgan fingerprint density at radius 2 is 2.39 bits per heavy atom. The second kappa shape index (κ2) is 5.74. The van der Waals surface area contributed by atoms with Crippen molar-refractivity contribution in [3.05, 3.63) is 23.4 Å². The van der Waals surface area contributed by atoms with Crippen LogP contribution in [0.5, 0.6) is 0 Å². The number of aliphatic carboxylic acids is 1. The van der Waals surface area contributed by atoms with Crippen LogP contribution in [-0.4, -0.2) is 39.3 Å². The summed E-state index contributed by atoms with van der Waals surface area (Å²) in [6, 6.07) is 3.81. The van der Waals surface area contributed by atoms with E-state index in [4.69, 9.17) is 9.52 Å². The summed E-state index contributed by atoms with van der Waals surface area (Å²) < 4.78 is 5.50. The third-order valence-corrected chi connectivity index (χ3v) is 3.22. The van der Waals surface area contributed by atoms with E-state index in [0.29, 0.717) is 24.9 Å². The fourth-order valence-electron chi connectivity index (χ4n) is 1.48. The van der Waals surface area contributed by atoms with E-state index >= 15 is 0 Å². The van der Waals surface area contributed by atoms with E-state index in [0.717, 1.165) is 4.88 Å². The lowest BCUT2D eigenvalue weighted by molar-refractivity contribution is -0.138. The Kier molecular flexibility index (Phi) is 4.06. The molecule has 0 aliphatic carbocycles. The molecular formula is C11H13N3O3S. The second-order valence-corrected chi connectivity index (χ2v) is 4.62. The van der Waals surface area contributed by atoms with E-state index in [9.17, 15) is 4.79 Å². The molecule has 0 radical (unpaired) electrons. The van der Waals surface area contributed by atoms with Crippen LogP contribution in [0.1, 0.15) is 12.8 Å². The maximum atomic E-state index is 10.6. The number of carbonyl (C=O) groups is 1. The minimum absolute atomic E-state index is 0.0345. The summed E-state index contributed by atoms with van der Waals surface area (Å²) >= 11 is 1.52. The molecule has 2 aromatic heterocycles. The molecule has 2 rings (SSSR count). The lowest BCUT2D eigenvalue weighted by atomic mass is 10.4. The molecule has 0 aliphatic rings. The van der Waals surface area contributed by atoms with Crippen LogP contribution in [0.2, 0.25) is 0 Å². The van der Waals surface area contributed by atoms with Gasteiger partial charge in [-0.05, 0) is 18.0 Å². The number of hydrogen-bond acceptors (Lipinski definition) is 6. The van der Waals surface area contributed by atoms with Crippen molar-refractivity contribution in [2.75, 3.05) is 13.1 Å². The van der Waals surface area contributed by atoms with Gasteiger partial charge in [-0.15, -0.1) is 21.5 Å². The fourth-order valence-corrected chi connectivity index (χ4v) is 2.12. The van der Waals surface area contributed by atoms with Crippen LogP contribution < -0.4 is 0 Å². The Balaban J connectivity index is 2.04. The molecular weight excluding hydrogens is 254 g/mol. The molecule has 0 aliphatic heterocycles. The summed E-state index contributed by atoms with van der Waals surface area (Å²) in [5.41, 5.74) is 0. The molecule has 96 valence electrons. The van der Waals surface area contributed by atoms with Crippen molar-refractivity contribution in [3.8, 4) is 10.8 Å². The predicted molar refractivity (Wildman–Crippen MR) is 66.2 cm³/mol. The van der Waals surface area contributed by atoms with E-state index in [-0.39, 0.29) is 6.54 Å². The first kappa shape index (κ1) is 12.7.